The van der Waals surface area contributed by atoms with Gasteiger partial charge in [-0.1, -0.05) is 67.1 Å². The van der Waals surface area contributed by atoms with E-state index in [2.05, 4.69) is 73.8 Å². The zero-order valence-corrected chi connectivity index (χ0v) is 12.6. The van der Waals surface area contributed by atoms with E-state index in [0.717, 1.165) is 19.5 Å². The summed E-state index contributed by atoms with van der Waals surface area (Å²) in [5.41, 5.74) is 4.17. The van der Waals surface area contributed by atoms with Crippen LogP contribution in [-0.2, 0) is 6.42 Å². The van der Waals surface area contributed by atoms with Gasteiger partial charge in [0.1, 0.15) is 0 Å². The average Bonchev–Trinajstić information content (AvgIpc) is 2.49. The standard InChI is InChI=1S/C19H25N/c1-3-13-20-15-19(18-7-5-4-6-8-18)14-17-11-9-16(2)10-12-17/h4-12,19-20H,3,13-15H2,1-2H3. The van der Waals surface area contributed by atoms with Crippen LogP contribution in [0.15, 0.2) is 54.6 Å². The lowest BCUT2D eigenvalue weighted by Gasteiger charge is -2.18. The Morgan fingerprint density at radius 2 is 1.65 bits per heavy atom. The number of rotatable bonds is 7. The van der Waals surface area contributed by atoms with Crippen LogP contribution in [0.25, 0.3) is 0 Å². The van der Waals surface area contributed by atoms with Crippen molar-refractivity contribution in [1.29, 1.82) is 0 Å². The van der Waals surface area contributed by atoms with Crippen molar-refractivity contribution >= 4 is 0 Å². The summed E-state index contributed by atoms with van der Waals surface area (Å²) in [5.74, 6) is 0.547. The van der Waals surface area contributed by atoms with E-state index in [1.807, 2.05) is 0 Å². The topological polar surface area (TPSA) is 12.0 Å². The van der Waals surface area contributed by atoms with Crippen molar-refractivity contribution in [3.8, 4) is 0 Å². The van der Waals surface area contributed by atoms with Gasteiger partial charge in [-0.15, -0.1) is 0 Å². The number of benzene rings is 2. The van der Waals surface area contributed by atoms with Crippen molar-refractivity contribution in [1.82, 2.24) is 5.32 Å². The van der Waals surface area contributed by atoms with Crippen molar-refractivity contribution in [3.63, 3.8) is 0 Å². The SMILES string of the molecule is CCCNCC(Cc1ccc(C)cc1)c1ccccc1. The summed E-state index contributed by atoms with van der Waals surface area (Å²) < 4.78 is 0. The molecule has 1 nitrogen and oxygen atoms in total. The van der Waals surface area contributed by atoms with Crippen molar-refractivity contribution in [2.75, 3.05) is 13.1 Å². The van der Waals surface area contributed by atoms with E-state index in [0.29, 0.717) is 5.92 Å². The minimum absolute atomic E-state index is 0.547. The van der Waals surface area contributed by atoms with Gasteiger partial charge < -0.3 is 5.32 Å². The molecule has 0 heterocycles. The zero-order valence-electron chi connectivity index (χ0n) is 12.6. The van der Waals surface area contributed by atoms with Gasteiger partial charge in [-0.2, -0.15) is 0 Å². The van der Waals surface area contributed by atoms with Gasteiger partial charge in [0.25, 0.3) is 0 Å². The first-order valence-corrected chi connectivity index (χ1v) is 7.60. The molecule has 2 rings (SSSR count). The minimum Gasteiger partial charge on any atom is -0.316 e. The molecule has 0 saturated heterocycles. The predicted octanol–water partition coefficient (Wildman–Crippen LogP) is 4.32. The molecule has 106 valence electrons. The summed E-state index contributed by atoms with van der Waals surface area (Å²) in [7, 11) is 0. The normalized spacial score (nSPS) is 12.3. The molecule has 0 amide bonds. The molecule has 1 atom stereocenters. The van der Waals surface area contributed by atoms with E-state index in [9.17, 15) is 0 Å². The van der Waals surface area contributed by atoms with Gasteiger partial charge in [0.05, 0.1) is 0 Å². The fourth-order valence-electron chi connectivity index (χ4n) is 2.49. The van der Waals surface area contributed by atoms with E-state index in [1.54, 1.807) is 0 Å². The van der Waals surface area contributed by atoms with Gasteiger partial charge in [0, 0.05) is 12.5 Å². The molecule has 0 saturated carbocycles. The van der Waals surface area contributed by atoms with Crippen LogP contribution in [0.1, 0.15) is 36.0 Å². The van der Waals surface area contributed by atoms with Crippen LogP contribution < -0.4 is 5.32 Å². The van der Waals surface area contributed by atoms with Gasteiger partial charge in [-0.3, -0.25) is 0 Å². The van der Waals surface area contributed by atoms with E-state index < -0.39 is 0 Å². The molecule has 0 aliphatic rings. The molecule has 20 heavy (non-hydrogen) atoms. The lowest BCUT2D eigenvalue weighted by Crippen LogP contribution is -2.23. The molecular weight excluding hydrogens is 242 g/mol. The number of hydrogen-bond acceptors (Lipinski definition) is 1. The van der Waals surface area contributed by atoms with Gasteiger partial charge in [-0.25, -0.2) is 0 Å². The maximum Gasteiger partial charge on any atom is 0.00233 e. The molecule has 2 aromatic carbocycles. The van der Waals surface area contributed by atoms with Crippen LogP contribution in [-0.4, -0.2) is 13.1 Å². The van der Waals surface area contributed by atoms with Crippen LogP contribution in [0.2, 0.25) is 0 Å². The van der Waals surface area contributed by atoms with E-state index in [1.165, 1.54) is 23.1 Å². The van der Waals surface area contributed by atoms with E-state index in [4.69, 9.17) is 0 Å². The smallest absolute Gasteiger partial charge is 0.00233 e. The summed E-state index contributed by atoms with van der Waals surface area (Å²) in [6.45, 7) is 6.49. The molecule has 1 N–H and O–H groups in total. The summed E-state index contributed by atoms with van der Waals surface area (Å²) in [6, 6.07) is 19.8. The highest BCUT2D eigenvalue weighted by atomic mass is 14.8. The number of nitrogens with one attached hydrogen (secondary N) is 1. The first-order chi connectivity index (χ1) is 9.79. The Labute approximate surface area is 123 Å². The van der Waals surface area contributed by atoms with Crippen molar-refractivity contribution < 1.29 is 0 Å². The van der Waals surface area contributed by atoms with Gasteiger partial charge in [0.15, 0.2) is 0 Å². The minimum atomic E-state index is 0.547. The predicted molar refractivity (Wildman–Crippen MR) is 87.2 cm³/mol. The zero-order chi connectivity index (χ0) is 14.2. The molecule has 0 bridgehead atoms. The molecule has 0 aliphatic carbocycles. The third-order valence-corrected chi connectivity index (χ3v) is 3.69. The highest BCUT2D eigenvalue weighted by Crippen LogP contribution is 2.20. The quantitative estimate of drug-likeness (QED) is 0.737. The highest BCUT2D eigenvalue weighted by Gasteiger charge is 2.11. The van der Waals surface area contributed by atoms with Crippen LogP contribution >= 0.6 is 0 Å². The van der Waals surface area contributed by atoms with Crippen molar-refractivity contribution in [3.05, 3.63) is 71.3 Å². The van der Waals surface area contributed by atoms with Crippen molar-refractivity contribution in [2.24, 2.45) is 0 Å². The highest BCUT2D eigenvalue weighted by molar-refractivity contribution is 5.26. The fourth-order valence-corrected chi connectivity index (χ4v) is 2.49. The summed E-state index contributed by atoms with van der Waals surface area (Å²) in [4.78, 5) is 0. The Hall–Kier alpha value is -1.60. The second-order valence-corrected chi connectivity index (χ2v) is 5.50. The molecule has 1 unspecified atom stereocenters. The number of hydrogen-bond donors (Lipinski definition) is 1. The fraction of sp³-hybridized carbons (Fsp3) is 0.368. The Morgan fingerprint density at radius 3 is 2.30 bits per heavy atom. The van der Waals surface area contributed by atoms with Crippen LogP contribution in [0, 0.1) is 6.92 Å². The first kappa shape index (κ1) is 14.8. The van der Waals surface area contributed by atoms with Crippen LogP contribution in [0.5, 0.6) is 0 Å². The van der Waals surface area contributed by atoms with Crippen LogP contribution in [0.3, 0.4) is 0 Å². The van der Waals surface area contributed by atoms with E-state index >= 15 is 0 Å². The molecule has 0 spiro atoms. The Kier molecular flexibility index (Phi) is 5.82. The molecule has 0 aromatic heterocycles. The number of aryl methyl sites for hydroxylation is 1. The Balaban J connectivity index is 2.07. The summed E-state index contributed by atoms with van der Waals surface area (Å²) in [5, 5.41) is 3.57. The van der Waals surface area contributed by atoms with Gasteiger partial charge in [-0.05, 0) is 37.4 Å². The third kappa shape index (κ3) is 4.50. The molecule has 0 aliphatic heterocycles. The Bertz CT molecular complexity index is 487. The summed E-state index contributed by atoms with van der Waals surface area (Å²) >= 11 is 0. The molecule has 0 fully saturated rings. The maximum absolute atomic E-state index is 3.57. The lowest BCUT2D eigenvalue weighted by atomic mass is 9.91. The molecule has 2 aromatic rings. The first-order valence-electron chi connectivity index (χ1n) is 7.60. The monoisotopic (exact) mass is 267 g/mol. The van der Waals surface area contributed by atoms with E-state index in [-0.39, 0.29) is 0 Å². The van der Waals surface area contributed by atoms with Crippen molar-refractivity contribution in [2.45, 2.75) is 32.6 Å². The molecular formula is C19H25N. The second-order valence-electron chi connectivity index (χ2n) is 5.50. The van der Waals surface area contributed by atoms with Gasteiger partial charge in [0.2, 0.25) is 0 Å². The van der Waals surface area contributed by atoms with Gasteiger partial charge >= 0.3 is 0 Å². The third-order valence-electron chi connectivity index (χ3n) is 3.69. The Morgan fingerprint density at radius 1 is 0.950 bits per heavy atom. The maximum atomic E-state index is 3.57. The second kappa shape index (κ2) is 7.86. The molecule has 1 heteroatoms. The summed E-state index contributed by atoms with van der Waals surface area (Å²) in [6.07, 6.45) is 2.28. The lowest BCUT2D eigenvalue weighted by molar-refractivity contribution is 0.576. The molecule has 0 radical (unpaired) electrons. The van der Waals surface area contributed by atoms with Crippen LogP contribution in [0.4, 0.5) is 0 Å². The largest absolute Gasteiger partial charge is 0.316 e. The average molecular weight is 267 g/mol.